The second-order valence-electron chi connectivity index (χ2n) is 4.14. The van der Waals surface area contributed by atoms with Crippen LogP contribution in [0.15, 0.2) is 18.2 Å². The van der Waals surface area contributed by atoms with Crippen molar-refractivity contribution < 1.29 is 4.79 Å². The van der Waals surface area contributed by atoms with E-state index in [4.69, 9.17) is 23.2 Å². The lowest BCUT2D eigenvalue weighted by molar-refractivity contribution is -0.122. The largest absolute Gasteiger partial charge is 0.358 e. The first kappa shape index (κ1) is 15.3. The van der Waals surface area contributed by atoms with Crippen molar-refractivity contribution >= 4 is 29.1 Å². The van der Waals surface area contributed by atoms with Crippen molar-refractivity contribution in [3.8, 4) is 0 Å². The van der Waals surface area contributed by atoms with Gasteiger partial charge >= 0.3 is 0 Å². The van der Waals surface area contributed by atoms with Crippen LogP contribution in [0.25, 0.3) is 0 Å². The lowest BCUT2D eigenvalue weighted by Crippen LogP contribution is -2.42. The minimum absolute atomic E-state index is 0.0338. The number of benzene rings is 1. The molecule has 0 aliphatic carbocycles. The van der Waals surface area contributed by atoms with Crippen LogP contribution in [-0.4, -0.2) is 19.0 Å². The minimum Gasteiger partial charge on any atom is -0.358 e. The number of carbonyl (C=O) groups is 1. The molecule has 0 saturated carbocycles. The number of rotatable bonds is 5. The van der Waals surface area contributed by atoms with Gasteiger partial charge in [0, 0.05) is 13.1 Å². The standard InChI is InChI=1S/C13H18Cl2N2O/c1-4-12(17-8(2)13(18)16-3)9-5-6-10(14)11(15)7-9/h5-8,12,17H,4H2,1-3H3,(H,16,18). The van der Waals surface area contributed by atoms with Crippen LogP contribution in [0.5, 0.6) is 0 Å². The highest BCUT2D eigenvalue weighted by Gasteiger charge is 2.17. The van der Waals surface area contributed by atoms with E-state index in [0.717, 1.165) is 12.0 Å². The maximum atomic E-state index is 11.5. The van der Waals surface area contributed by atoms with E-state index < -0.39 is 0 Å². The Balaban J connectivity index is 2.82. The fourth-order valence-electron chi connectivity index (χ4n) is 1.77. The van der Waals surface area contributed by atoms with E-state index in [1.54, 1.807) is 13.1 Å². The molecule has 2 atom stereocenters. The second-order valence-corrected chi connectivity index (χ2v) is 4.95. The Morgan fingerprint density at radius 1 is 1.33 bits per heavy atom. The van der Waals surface area contributed by atoms with Crippen molar-refractivity contribution in [2.75, 3.05) is 7.05 Å². The van der Waals surface area contributed by atoms with Gasteiger partial charge in [0.15, 0.2) is 0 Å². The third-order valence-electron chi connectivity index (χ3n) is 2.85. The molecule has 1 amide bonds. The van der Waals surface area contributed by atoms with Gasteiger partial charge in [0.25, 0.3) is 0 Å². The Hall–Kier alpha value is -0.770. The summed E-state index contributed by atoms with van der Waals surface area (Å²) in [6.07, 6.45) is 0.860. The smallest absolute Gasteiger partial charge is 0.236 e. The van der Waals surface area contributed by atoms with Crippen LogP contribution in [0, 0.1) is 0 Å². The zero-order chi connectivity index (χ0) is 13.7. The van der Waals surface area contributed by atoms with Crippen LogP contribution in [0.2, 0.25) is 10.0 Å². The Labute approximate surface area is 118 Å². The van der Waals surface area contributed by atoms with Gasteiger partial charge in [0.05, 0.1) is 16.1 Å². The van der Waals surface area contributed by atoms with Gasteiger partial charge in [-0.15, -0.1) is 0 Å². The molecule has 0 spiro atoms. The van der Waals surface area contributed by atoms with Gasteiger partial charge in [0.1, 0.15) is 0 Å². The van der Waals surface area contributed by atoms with Crippen LogP contribution < -0.4 is 10.6 Å². The van der Waals surface area contributed by atoms with Crippen molar-refractivity contribution in [3.05, 3.63) is 33.8 Å². The first-order valence-electron chi connectivity index (χ1n) is 5.92. The maximum absolute atomic E-state index is 11.5. The molecule has 0 aliphatic heterocycles. The van der Waals surface area contributed by atoms with E-state index >= 15 is 0 Å². The highest BCUT2D eigenvalue weighted by Crippen LogP contribution is 2.27. The molecule has 100 valence electrons. The van der Waals surface area contributed by atoms with E-state index in [2.05, 4.69) is 17.6 Å². The van der Waals surface area contributed by atoms with Gasteiger partial charge < -0.3 is 5.32 Å². The number of likely N-dealkylation sites (N-methyl/N-ethyl adjacent to an activating group) is 1. The third kappa shape index (κ3) is 3.87. The summed E-state index contributed by atoms with van der Waals surface area (Å²) in [4.78, 5) is 11.5. The number of nitrogens with one attached hydrogen (secondary N) is 2. The van der Waals surface area contributed by atoms with Gasteiger partial charge in [-0.05, 0) is 31.0 Å². The molecule has 0 heterocycles. The predicted octanol–water partition coefficient (Wildman–Crippen LogP) is 3.17. The summed E-state index contributed by atoms with van der Waals surface area (Å²) >= 11 is 11.9. The fraction of sp³-hybridized carbons (Fsp3) is 0.462. The monoisotopic (exact) mass is 288 g/mol. The molecule has 18 heavy (non-hydrogen) atoms. The highest BCUT2D eigenvalue weighted by molar-refractivity contribution is 6.42. The minimum atomic E-state index is -0.255. The third-order valence-corrected chi connectivity index (χ3v) is 3.58. The van der Waals surface area contributed by atoms with Crippen LogP contribution in [0.1, 0.15) is 31.9 Å². The average molecular weight is 289 g/mol. The molecule has 2 unspecified atom stereocenters. The molecule has 1 aromatic rings. The molecule has 1 aromatic carbocycles. The summed E-state index contributed by atoms with van der Waals surface area (Å²) in [5.41, 5.74) is 1.03. The van der Waals surface area contributed by atoms with Crippen molar-refractivity contribution in [3.63, 3.8) is 0 Å². The molecule has 0 saturated heterocycles. The number of carbonyl (C=O) groups excluding carboxylic acids is 1. The summed E-state index contributed by atoms with van der Waals surface area (Å²) in [6, 6.07) is 5.35. The SMILES string of the molecule is CCC(NC(C)C(=O)NC)c1ccc(Cl)c(Cl)c1. The molecule has 0 fully saturated rings. The quantitative estimate of drug-likeness (QED) is 0.874. The topological polar surface area (TPSA) is 41.1 Å². The summed E-state index contributed by atoms with van der Waals surface area (Å²) in [7, 11) is 1.63. The van der Waals surface area contributed by atoms with Crippen LogP contribution in [0.4, 0.5) is 0 Å². The highest BCUT2D eigenvalue weighted by atomic mass is 35.5. The van der Waals surface area contributed by atoms with Crippen molar-refractivity contribution in [2.24, 2.45) is 0 Å². The Bertz CT molecular complexity index is 423. The molecule has 2 N–H and O–H groups in total. The van der Waals surface area contributed by atoms with Gasteiger partial charge in [-0.3, -0.25) is 10.1 Å². The van der Waals surface area contributed by atoms with Crippen LogP contribution in [-0.2, 0) is 4.79 Å². The van der Waals surface area contributed by atoms with Crippen LogP contribution in [0.3, 0.4) is 0 Å². The lowest BCUT2D eigenvalue weighted by Gasteiger charge is -2.22. The van der Waals surface area contributed by atoms with E-state index in [1.165, 1.54) is 0 Å². The van der Waals surface area contributed by atoms with Gasteiger partial charge in [-0.1, -0.05) is 36.2 Å². The average Bonchev–Trinajstić information content (AvgIpc) is 2.38. The Kier molecular flexibility index (Phi) is 5.93. The normalized spacial score (nSPS) is 14.1. The molecular formula is C13H18Cl2N2O. The van der Waals surface area contributed by atoms with E-state index in [-0.39, 0.29) is 18.0 Å². The lowest BCUT2D eigenvalue weighted by atomic mass is 10.0. The molecular weight excluding hydrogens is 271 g/mol. The zero-order valence-corrected chi connectivity index (χ0v) is 12.3. The zero-order valence-electron chi connectivity index (χ0n) is 10.8. The number of amides is 1. The Morgan fingerprint density at radius 3 is 2.50 bits per heavy atom. The van der Waals surface area contributed by atoms with E-state index in [1.807, 2.05) is 19.1 Å². The maximum Gasteiger partial charge on any atom is 0.236 e. The summed E-state index contributed by atoms with van der Waals surface area (Å²) in [5.74, 6) is -0.0338. The summed E-state index contributed by atoms with van der Waals surface area (Å²) in [6.45, 7) is 3.88. The van der Waals surface area contributed by atoms with Crippen molar-refractivity contribution in [1.29, 1.82) is 0 Å². The summed E-state index contributed by atoms with van der Waals surface area (Å²) < 4.78 is 0. The van der Waals surface area contributed by atoms with Crippen molar-refractivity contribution in [1.82, 2.24) is 10.6 Å². The second kappa shape index (κ2) is 6.98. The van der Waals surface area contributed by atoms with Gasteiger partial charge in [0.2, 0.25) is 5.91 Å². The van der Waals surface area contributed by atoms with Crippen molar-refractivity contribution in [2.45, 2.75) is 32.4 Å². The molecule has 0 bridgehead atoms. The number of halogens is 2. The van der Waals surface area contributed by atoms with E-state index in [9.17, 15) is 4.79 Å². The molecule has 3 nitrogen and oxygen atoms in total. The molecule has 0 aliphatic rings. The number of hydrogen-bond acceptors (Lipinski definition) is 2. The molecule has 0 radical (unpaired) electrons. The van der Waals surface area contributed by atoms with E-state index in [0.29, 0.717) is 10.0 Å². The van der Waals surface area contributed by atoms with Gasteiger partial charge in [-0.2, -0.15) is 0 Å². The molecule has 5 heteroatoms. The first-order valence-corrected chi connectivity index (χ1v) is 6.67. The summed E-state index contributed by atoms with van der Waals surface area (Å²) in [5, 5.41) is 6.95. The fourth-order valence-corrected chi connectivity index (χ4v) is 2.08. The predicted molar refractivity (Wildman–Crippen MR) is 76.2 cm³/mol. The first-order chi connectivity index (χ1) is 8.49. The van der Waals surface area contributed by atoms with Crippen LogP contribution >= 0.6 is 23.2 Å². The molecule has 0 aromatic heterocycles. The molecule has 1 rings (SSSR count). The number of hydrogen-bond donors (Lipinski definition) is 2. The van der Waals surface area contributed by atoms with Gasteiger partial charge in [-0.25, -0.2) is 0 Å². The Morgan fingerprint density at radius 2 is 2.00 bits per heavy atom.